The Labute approximate surface area is 207 Å². The van der Waals surface area contributed by atoms with Gasteiger partial charge in [-0.05, 0) is 81.2 Å². The summed E-state index contributed by atoms with van der Waals surface area (Å²) in [7, 11) is 0. The average Bonchev–Trinajstić information content (AvgIpc) is 3.37. The number of benzene rings is 2. The van der Waals surface area contributed by atoms with Gasteiger partial charge in [0, 0.05) is 30.4 Å². The van der Waals surface area contributed by atoms with E-state index in [1.807, 2.05) is 0 Å². The number of anilines is 1. The Morgan fingerprint density at radius 2 is 1.56 bits per heavy atom. The summed E-state index contributed by atoms with van der Waals surface area (Å²) in [5.41, 5.74) is -0.0425. The summed E-state index contributed by atoms with van der Waals surface area (Å²) in [4.78, 5) is 43.1. The molecule has 2 fully saturated rings. The summed E-state index contributed by atoms with van der Waals surface area (Å²) >= 11 is 0. The Morgan fingerprint density at radius 3 is 2.14 bits per heavy atom. The third-order valence-electron chi connectivity index (χ3n) is 6.77. The van der Waals surface area contributed by atoms with Crippen molar-refractivity contribution in [2.24, 2.45) is 0 Å². The van der Waals surface area contributed by atoms with Crippen molar-refractivity contribution >= 4 is 23.5 Å². The van der Waals surface area contributed by atoms with E-state index < -0.39 is 17.7 Å². The summed E-state index contributed by atoms with van der Waals surface area (Å²) < 4.78 is 38.5. The molecule has 2 amide bonds. The maximum absolute atomic E-state index is 13.4. The van der Waals surface area contributed by atoms with Crippen LogP contribution >= 0.6 is 0 Å². The van der Waals surface area contributed by atoms with E-state index >= 15 is 0 Å². The number of nitrogens with zero attached hydrogens (tertiary/aromatic N) is 3. The van der Waals surface area contributed by atoms with Crippen LogP contribution in [0, 0.1) is 0 Å². The number of hydrogen-bond acceptors (Lipinski definition) is 4. The van der Waals surface area contributed by atoms with Crippen molar-refractivity contribution in [1.82, 2.24) is 9.80 Å². The molecule has 192 valence electrons. The number of amides is 2. The van der Waals surface area contributed by atoms with E-state index in [9.17, 15) is 32.7 Å². The Bertz CT molecular complexity index is 1110. The predicted octanol–water partition coefficient (Wildman–Crippen LogP) is 4.14. The minimum absolute atomic E-state index is 0.0846. The molecule has 2 aliphatic rings. The zero-order valence-electron chi connectivity index (χ0n) is 19.7. The second-order valence-corrected chi connectivity index (χ2v) is 9.20. The monoisotopic (exact) mass is 503 g/mol. The zero-order chi connectivity index (χ0) is 25.9. The highest BCUT2D eigenvalue weighted by molar-refractivity contribution is 5.97. The minimum Gasteiger partial charge on any atom is -0.478 e. The van der Waals surface area contributed by atoms with Crippen molar-refractivity contribution in [3.05, 3.63) is 65.2 Å². The second-order valence-electron chi connectivity index (χ2n) is 9.20. The number of rotatable bonds is 6. The number of likely N-dealkylation sites (tertiary alicyclic amines) is 2. The number of aromatic carboxylic acids is 1. The molecule has 0 bridgehead atoms. The highest BCUT2D eigenvalue weighted by Crippen LogP contribution is 2.30. The minimum atomic E-state index is -4.47. The van der Waals surface area contributed by atoms with Crippen LogP contribution in [0.15, 0.2) is 48.5 Å². The summed E-state index contributed by atoms with van der Waals surface area (Å²) in [6, 6.07) is 10.2. The van der Waals surface area contributed by atoms with Gasteiger partial charge in [0.1, 0.15) is 0 Å². The molecule has 0 radical (unpaired) electrons. The van der Waals surface area contributed by atoms with Gasteiger partial charge in [0.25, 0.3) is 5.91 Å². The standard InChI is InChI=1S/C26H28F3N3O4/c27-26(28,29)20-8-6-18(7-9-20)24(34)31-14-10-21(11-15-31)32(23(33)17-30-12-1-2-13-30)22-5-3-4-19(16-22)25(35)36/h3-9,16,21H,1-2,10-15,17H2,(H,35,36). The summed E-state index contributed by atoms with van der Waals surface area (Å²) in [6.45, 7) is 2.58. The molecule has 10 heteroatoms. The maximum Gasteiger partial charge on any atom is 0.416 e. The fourth-order valence-electron chi connectivity index (χ4n) is 4.87. The molecule has 0 atom stereocenters. The Balaban J connectivity index is 1.48. The van der Waals surface area contributed by atoms with E-state index in [0.717, 1.165) is 38.1 Å². The first-order chi connectivity index (χ1) is 17.1. The van der Waals surface area contributed by atoms with Crippen LogP contribution in [0.5, 0.6) is 0 Å². The van der Waals surface area contributed by atoms with E-state index in [2.05, 4.69) is 4.90 Å². The lowest BCUT2D eigenvalue weighted by atomic mass is 10.00. The highest BCUT2D eigenvalue weighted by atomic mass is 19.4. The van der Waals surface area contributed by atoms with Crippen LogP contribution in [0.4, 0.5) is 18.9 Å². The van der Waals surface area contributed by atoms with Crippen LogP contribution < -0.4 is 4.90 Å². The lowest BCUT2D eigenvalue weighted by Crippen LogP contribution is -2.51. The summed E-state index contributed by atoms with van der Waals surface area (Å²) in [6.07, 6.45) is -1.47. The van der Waals surface area contributed by atoms with E-state index in [4.69, 9.17) is 0 Å². The maximum atomic E-state index is 13.4. The second kappa shape index (κ2) is 10.7. The first-order valence-electron chi connectivity index (χ1n) is 12.0. The SMILES string of the molecule is O=C(O)c1cccc(N(C(=O)CN2CCCC2)C2CCN(C(=O)c3ccc(C(F)(F)F)cc3)CC2)c1. The quantitative estimate of drug-likeness (QED) is 0.641. The molecule has 0 aliphatic carbocycles. The van der Waals surface area contributed by atoms with E-state index in [0.29, 0.717) is 31.6 Å². The van der Waals surface area contributed by atoms with Crippen molar-refractivity contribution in [2.75, 3.05) is 37.6 Å². The molecule has 0 unspecified atom stereocenters. The number of piperidine rings is 1. The highest BCUT2D eigenvalue weighted by Gasteiger charge is 2.33. The number of carbonyl (C=O) groups is 3. The van der Waals surface area contributed by atoms with E-state index in [1.54, 1.807) is 21.9 Å². The van der Waals surface area contributed by atoms with Gasteiger partial charge in [-0.1, -0.05) is 6.07 Å². The molecule has 0 aromatic heterocycles. The normalized spacial score (nSPS) is 17.2. The van der Waals surface area contributed by atoms with Gasteiger partial charge < -0.3 is 14.9 Å². The van der Waals surface area contributed by atoms with Gasteiger partial charge in [-0.15, -0.1) is 0 Å². The molecule has 2 aromatic rings. The zero-order valence-corrected chi connectivity index (χ0v) is 19.7. The third-order valence-corrected chi connectivity index (χ3v) is 6.77. The molecule has 0 spiro atoms. The number of carbonyl (C=O) groups excluding carboxylic acids is 2. The van der Waals surface area contributed by atoms with Crippen LogP contribution in [0.2, 0.25) is 0 Å². The van der Waals surface area contributed by atoms with Crippen LogP contribution in [0.3, 0.4) is 0 Å². The summed E-state index contributed by atoms with van der Waals surface area (Å²) in [5, 5.41) is 9.42. The van der Waals surface area contributed by atoms with Crippen LogP contribution in [0.25, 0.3) is 0 Å². The number of hydrogen-bond donors (Lipinski definition) is 1. The molecule has 36 heavy (non-hydrogen) atoms. The van der Waals surface area contributed by atoms with Crippen molar-refractivity contribution in [1.29, 1.82) is 0 Å². The van der Waals surface area contributed by atoms with Gasteiger partial charge >= 0.3 is 12.1 Å². The Hall–Kier alpha value is -3.40. The Morgan fingerprint density at radius 1 is 0.917 bits per heavy atom. The van der Waals surface area contributed by atoms with Crippen molar-refractivity contribution < 1.29 is 32.7 Å². The fourth-order valence-corrected chi connectivity index (χ4v) is 4.87. The lowest BCUT2D eigenvalue weighted by molar-refractivity contribution is -0.137. The van der Waals surface area contributed by atoms with Gasteiger partial charge in [0.2, 0.25) is 5.91 Å². The summed E-state index contributed by atoms with van der Waals surface area (Å²) in [5.74, 6) is -1.56. The molecule has 0 saturated carbocycles. The van der Waals surface area contributed by atoms with Crippen molar-refractivity contribution in [3.8, 4) is 0 Å². The van der Waals surface area contributed by atoms with E-state index in [1.165, 1.54) is 24.3 Å². The Kier molecular flexibility index (Phi) is 7.63. The van der Waals surface area contributed by atoms with Gasteiger partial charge in [0.05, 0.1) is 17.7 Å². The molecule has 1 N–H and O–H groups in total. The molecular formula is C26H28F3N3O4. The average molecular weight is 504 g/mol. The molecule has 2 aromatic carbocycles. The topological polar surface area (TPSA) is 81.2 Å². The van der Waals surface area contributed by atoms with Gasteiger partial charge in [-0.3, -0.25) is 14.5 Å². The third kappa shape index (κ3) is 5.87. The number of halogens is 3. The van der Waals surface area contributed by atoms with Gasteiger partial charge in [0.15, 0.2) is 0 Å². The first kappa shape index (κ1) is 25.7. The smallest absolute Gasteiger partial charge is 0.416 e. The van der Waals surface area contributed by atoms with Crippen molar-refractivity contribution in [3.63, 3.8) is 0 Å². The van der Waals surface area contributed by atoms with Crippen LogP contribution in [-0.2, 0) is 11.0 Å². The lowest BCUT2D eigenvalue weighted by Gasteiger charge is -2.39. The molecular weight excluding hydrogens is 475 g/mol. The van der Waals surface area contributed by atoms with Gasteiger partial charge in [-0.2, -0.15) is 13.2 Å². The number of alkyl halides is 3. The number of carboxylic acid groups (broad SMARTS) is 1. The first-order valence-corrected chi connectivity index (χ1v) is 12.0. The molecule has 7 nitrogen and oxygen atoms in total. The molecule has 2 heterocycles. The van der Waals surface area contributed by atoms with Crippen LogP contribution in [0.1, 0.15) is 52.0 Å². The number of carboxylic acids is 1. The van der Waals surface area contributed by atoms with E-state index in [-0.39, 0.29) is 35.5 Å². The molecule has 4 rings (SSSR count). The predicted molar refractivity (Wildman–Crippen MR) is 127 cm³/mol. The molecule has 2 saturated heterocycles. The fraction of sp³-hybridized carbons (Fsp3) is 0.423. The molecule has 2 aliphatic heterocycles. The van der Waals surface area contributed by atoms with Crippen molar-refractivity contribution in [2.45, 2.75) is 37.9 Å². The van der Waals surface area contributed by atoms with Crippen LogP contribution in [-0.4, -0.2) is 71.5 Å². The van der Waals surface area contributed by atoms with Gasteiger partial charge in [-0.25, -0.2) is 4.79 Å². The largest absolute Gasteiger partial charge is 0.478 e.